The number of carbonyl (C=O) groups excluding carboxylic acids is 1. The van der Waals surface area contributed by atoms with Gasteiger partial charge in [-0.05, 0) is 64.6 Å². The van der Waals surface area contributed by atoms with Crippen LogP contribution >= 0.6 is 8.25 Å². The fourth-order valence-corrected chi connectivity index (χ4v) is 15.6. The zero-order valence-corrected chi connectivity index (χ0v) is 41.3. The van der Waals surface area contributed by atoms with Crippen LogP contribution in [0.2, 0.25) is 23.2 Å². The lowest BCUT2D eigenvalue weighted by Crippen LogP contribution is -2.67. The van der Waals surface area contributed by atoms with Crippen LogP contribution in [-0.4, -0.2) is 91.9 Å². The van der Waals surface area contributed by atoms with Gasteiger partial charge >= 0.3 is 13.9 Å². The number of carbonyl (C=O) groups is 1. The van der Waals surface area contributed by atoms with Crippen molar-refractivity contribution in [2.75, 3.05) is 31.6 Å². The van der Waals surface area contributed by atoms with Gasteiger partial charge in [-0.15, -0.1) is 0 Å². The van der Waals surface area contributed by atoms with Crippen molar-refractivity contribution in [2.45, 2.75) is 121 Å². The molecule has 14 nitrogen and oxygen atoms in total. The Morgan fingerprint density at radius 3 is 2.09 bits per heavy atom. The molecule has 17 heteroatoms. The van der Waals surface area contributed by atoms with E-state index in [0.29, 0.717) is 31.6 Å². The van der Waals surface area contributed by atoms with Crippen LogP contribution in [0, 0.1) is 0 Å². The van der Waals surface area contributed by atoms with E-state index in [1.807, 2.05) is 49.5 Å². The fraction of sp³-hybridized carbons (Fsp3) is 0.489. The number of aliphatic hydroxyl groups is 1. The average molecular weight is 930 g/mol. The van der Waals surface area contributed by atoms with E-state index < -0.39 is 65.7 Å². The van der Waals surface area contributed by atoms with Gasteiger partial charge < -0.3 is 24.0 Å². The Hall–Kier alpha value is -4.07. The van der Waals surface area contributed by atoms with Gasteiger partial charge in [0.25, 0.3) is 20.0 Å². The highest BCUT2D eigenvalue weighted by atomic mass is 31.1. The monoisotopic (exact) mass is 929 g/mol. The molecule has 4 aromatic rings. The summed E-state index contributed by atoms with van der Waals surface area (Å²) in [6, 6.07) is 30.2. The molecule has 4 heterocycles. The third kappa shape index (κ3) is 9.73. The topological polar surface area (TPSA) is 160 Å². The average Bonchev–Trinajstić information content (AvgIpc) is 3.36. The number of aliphatic imine (C=N–C) groups is 1. The summed E-state index contributed by atoms with van der Waals surface area (Å²) >= 11 is 0. The molecule has 4 unspecified atom stereocenters. The maximum absolute atomic E-state index is 14.7. The number of aromatic nitrogens is 2. The Balaban J connectivity index is 1.33. The number of amidine groups is 1. The van der Waals surface area contributed by atoms with E-state index in [1.54, 1.807) is 30.3 Å². The molecule has 0 bridgehead atoms. The van der Waals surface area contributed by atoms with Crippen molar-refractivity contribution in [3.63, 3.8) is 0 Å². The Morgan fingerprint density at radius 1 is 0.891 bits per heavy atom. The van der Waals surface area contributed by atoms with Gasteiger partial charge in [0.1, 0.15) is 25.0 Å². The number of anilines is 1. The van der Waals surface area contributed by atoms with Crippen molar-refractivity contribution in [2.24, 2.45) is 4.99 Å². The van der Waals surface area contributed by atoms with Crippen LogP contribution in [0.3, 0.4) is 0 Å². The highest BCUT2D eigenvalue weighted by Crippen LogP contribution is 2.51. The number of amides is 1. The van der Waals surface area contributed by atoms with Gasteiger partial charge in [-0.3, -0.25) is 9.36 Å². The van der Waals surface area contributed by atoms with Crippen molar-refractivity contribution < 1.29 is 41.8 Å². The molecule has 0 radical (unpaired) electrons. The van der Waals surface area contributed by atoms with Crippen LogP contribution in [0.1, 0.15) is 90.2 Å². The molecule has 0 saturated carbocycles. The van der Waals surface area contributed by atoms with E-state index in [1.165, 1.54) is 16.8 Å². The van der Waals surface area contributed by atoms with Crippen molar-refractivity contribution in [3.05, 3.63) is 119 Å². The van der Waals surface area contributed by atoms with Crippen LogP contribution < -0.4 is 21.4 Å². The molecule has 3 aliphatic rings. The molecule has 2 N–H and O–H groups in total. The normalized spacial score (nSPS) is 24.6. The highest BCUT2D eigenvalue weighted by molar-refractivity contribution is 7.33. The Labute approximate surface area is 379 Å². The zero-order valence-electron chi connectivity index (χ0n) is 38.4. The first-order valence-corrected chi connectivity index (χ1v) is 28.2. The van der Waals surface area contributed by atoms with E-state index in [0.717, 1.165) is 41.9 Å². The Kier molecular flexibility index (Phi) is 14.2. The van der Waals surface area contributed by atoms with E-state index in [4.69, 9.17) is 27.7 Å². The number of hydrogen-bond acceptors (Lipinski definition) is 11. The first-order valence-electron chi connectivity index (χ1n) is 22.3. The number of nitrogens with zero attached hydrogens (tertiary/aromatic N) is 4. The van der Waals surface area contributed by atoms with Crippen LogP contribution in [0.25, 0.3) is 0 Å². The third-order valence-corrected chi connectivity index (χ3v) is 23.6. The number of rotatable bonds is 14. The predicted molar refractivity (Wildman–Crippen MR) is 253 cm³/mol. The van der Waals surface area contributed by atoms with E-state index >= 15 is 0 Å². The Morgan fingerprint density at radius 2 is 1.50 bits per heavy atom. The standard InChI is InChI=1S/C47H63N5O9PSi2/c1-45(2,3)63(7,8)59-41-43(51-31-29-39(50-44(51)54)49-42(53)35-22-13-9-14-23-35)58-38(47(41,55)60-62(56)61-52-32-20-12-19-28-40(52)48-30-21-33-52)34-57-64(46(4,5)6,36-24-15-10-16-25-36)37-26-17-11-18-27-37/h9-11,13-18,22-27,29,31,38,41,43,55H,12,19-21,28,30,32-34H2,1-8H3/q+1/p+1/t38-,41?,43-,47?,52?/m1/s1. The van der Waals surface area contributed by atoms with Crippen molar-refractivity contribution in [1.82, 2.24) is 9.55 Å². The SMILES string of the molecule is CC(C)(C)[Si](C)(C)OC1[C@H](n2ccc(NC(=O)c3ccccc3)nc2=O)O[C@H](CO[Si](c2ccccc2)(c2ccccc2)C(C)(C)C)C1(O)O[P+](=O)O[N+]12CCCCCC1=NCCC2. The largest absolute Gasteiger partial charge is 0.754 e. The molecular formula is C47H64N5O9PSi2+2. The number of hydroxylamine groups is 3. The van der Waals surface area contributed by atoms with Gasteiger partial charge in [0.15, 0.2) is 20.6 Å². The summed E-state index contributed by atoms with van der Waals surface area (Å²) in [5.74, 6) is -2.10. The van der Waals surface area contributed by atoms with Crippen LogP contribution in [0.4, 0.5) is 5.82 Å². The predicted octanol–water partition coefficient (Wildman–Crippen LogP) is 7.85. The molecule has 2 fully saturated rings. The van der Waals surface area contributed by atoms with E-state index in [2.05, 4.69) is 76.1 Å². The second kappa shape index (κ2) is 19.0. The van der Waals surface area contributed by atoms with Gasteiger partial charge in [0.05, 0.1) is 17.8 Å². The zero-order chi connectivity index (χ0) is 46.0. The first kappa shape index (κ1) is 47.9. The second-order valence-corrected chi connectivity index (χ2v) is 29.4. The minimum atomic E-state index is -3.27. The summed E-state index contributed by atoms with van der Waals surface area (Å²) in [6.45, 7) is 18.2. The maximum atomic E-state index is 14.7. The third-order valence-electron chi connectivity index (χ3n) is 13.2. The highest BCUT2D eigenvalue weighted by Gasteiger charge is 2.68. The molecule has 1 aromatic heterocycles. The maximum Gasteiger partial charge on any atom is 0.754 e. The minimum Gasteiger partial charge on any atom is -0.405 e. The van der Waals surface area contributed by atoms with Gasteiger partial charge in [0, 0.05) is 35.6 Å². The van der Waals surface area contributed by atoms with E-state index in [9.17, 15) is 19.3 Å². The molecule has 7 rings (SSSR count). The lowest BCUT2D eigenvalue weighted by Gasteiger charge is -2.44. The van der Waals surface area contributed by atoms with Crippen LogP contribution in [-0.2, 0) is 27.3 Å². The number of ether oxygens (including phenoxy) is 1. The smallest absolute Gasteiger partial charge is 0.405 e. The van der Waals surface area contributed by atoms with Crippen LogP contribution in [0.5, 0.6) is 0 Å². The molecule has 3 aromatic carbocycles. The van der Waals surface area contributed by atoms with E-state index in [-0.39, 0.29) is 22.1 Å². The van der Waals surface area contributed by atoms with Gasteiger partial charge in [-0.25, -0.2) is 9.79 Å². The molecule has 2 saturated heterocycles. The van der Waals surface area contributed by atoms with Crippen LogP contribution in [0.15, 0.2) is 113 Å². The summed E-state index contributed by atoms with van der Waals surface area (Å²) in [6.07, 6.45) is 1.51. The summed E-state index contributed by atoms with van der Waals surface area (Å²) < 4.78 is 50.1. The molecule has 0 aliphatic carbocycles. The van der Waals surface area contributed by atoms with Crippen molar-refractivity contribution in [1.29, 1.82) is 0 Å². The first-order chi connectivity index (χ1) is 30.3. The van der Waals surface area contributed by atoms with Crippen molar-refractivity contribution >= 4 is 52.8 Å². The fourth-order valence-electron chi connectivity index (χ4n) is 8.79. The summed E-state index contributed by atoms with van der Waals surface area (Å²) in [5.41, 5.74) is -0.389. The number of nitrogens with one attached hydrogen (secondary N) is 1. The van der Waals surface area contributed by atoms with Crippen molar-refractivity contribution in [3.8, 4) is 0 Å². The molecule has 0 spiro atoms. The molecule has 6 atom stereocenters. The summed E-state index contributed by atoms with van der Waals surface area (Å²) in [4.78, 5) is 36.3. The van der Waals surface area contributed by atoms with Gasteiger partial charge in [-0.2, -0.15) is 4.98 Å². The lowest BCUT2D eigenvalue weighted by molar-refractivity contribution is -1.01. The lowest BCUT2D eigenvalue weighted by atomic mass is 10.1. The molecule has 64 heavy (non-hydrogen) atoms. The van der Waals surface area contributed by atoms with Gasteiger partial charge in [0.2, 0.25) is 5.84 Å². The number of quaternary nitrogens is 1. The van der Waals surface area contributed by atoms with Gasteiger partial charge in [-0.1, -0.05) is 130 Å². The number of fused-ring (bicyclic) bond motifs is 1. The molecule has 342 valence electrons. The summed E-state index contributed by atoms with van der Waals surface area (Å²) in [5, 5.41) is 17.3. The molecule has 3 aliphatic heterocycles. The second-order valence-electron chi connectivity index (χ2n) is 19.6. The number of hydrogen-bond donors (Lipinski definition) is 2. The quantitative estimate of drug-likeness (QED) is 0.0552. The molecular weight excluding hydrogens is 866 g/mol. The number of benzene rings is 3. The molecule has 1 amide bonds. The summed E-state index contributed by atoms with van der Waals surface area (Å²) in [7, 11) is -9.23. The Bertz CT molecular complexity index is 2320. The minimum absolute atomic E-state index is 0.0231.